The Hall–Kier alpha value is -1.85. The molecule has 0 saturated carbocycles. The molecule has 0 aliphatic rings. The van der Waals surface area contributed by atoms with Crippen molar-refractivity contribution in [3.63, 3.8) is 0 Å². The Morgan fingerprint density at radius 1 is 1.12 bits per heavy atom. The molecule has 0 atom stereocenters. The van der Waals surface area contributed by atoms with Crippen molar-refractivity contribution in [3.8, 4) is 0 Å². The highest BCUT2D eigenvalue weighted by Crippen LogP contribution is 2.06. The van der Waals surface area contributed by atoms with Crippen molar-refractivity contribution in [3.05, 3.63) is 12.2 Å². The second-order valence-corrected chi connectivity index (χ2v) is 3.71. The van der Waals surface area contributed by atoms with Crippen LogP contribution >= 0.6 is 0 Å². The lowest BCUT2D eigenvalue weighted by molar-refractivity contribution is -0.156. The van der Waals surface area contributed by atoms with Crippen LogP contribution in [-0.4, -0.2) is 30.8 Å². The van der Waals surface area contributed by atoms with E-state index in [0.29, 0.717) is 0 Å². The van der Waals surface area contributed by atoms with Crippen molar-refractivity contribution in [1.82, 2.24) is 0 Å². The molecule has 0 N–H and O–H groups in total. The van der Waals surface area contributed by atoms with Gasteiger partial charge in [-0.3, -0.25) is 4.79 Å². The first-order chi connectivity index (χ1) is 7.35. The molecule has 0 amide bonds. The second-order valence-electron chi connectivity index (χ2n) is 3.71. The number of carbonyl (C=O) groups is 3. The van der Waals surface area contributed by atoms with E-state index in [1.54, 1.807) is 20.8 Å². The number of ether oxygens (including phenoxy) is 3. The van der Waals surface area contributed by atoms with E-state index in [9.17, 15) is 14.4 Å². The maximum absolute atomic E-state index is 11.1. The van der Waals surface area contributed by atoms with Crippen LogP contribution in [0.25, 0.3) is 0 Å². The summed E-state index contributed by atoms with van der Waals surface area (Å²) in [4.78, 5) is 31.7. The fourth-order valence-electron chi connectivity index (χ4n) is 0.640. The maximum Gasteiger partial charge on any atom is 0.333 e. The van der Waals surface area contributed by atoms with Crippen molar-refractivity contribution in [1.29, 1.82) is 0 Å². The molecule has 16 heavy (non-hydrogen) atoms. The fourth-order valence-corrected chi connectivity index (χ4v) is 0.640. The first kappa shape index (κ1) is 14.2. The van der Waals surface area contributed by atoms with Gasteiger partial charge in [-0.2, -0.15) is 0 Å². The highest BCUT2D eigenvalue weighted by Gasteiger charge is 2.14. The Morgan fingerprint density at radius 3 is 2.19 bits per heavy atom. The molecule has 0 saturated heterocycles. The standard InChI is InChI=1S/C10H14O6/c1-10(2,3)16-9(13)5-4-8(12)15-7-14-6-11/h4-6H,7H2,1-3H3. The van der Waals surface area contributed by atoms with Crippen LogP contribution in [0.1, 0.15) is 20.8 Å². The van der Waals surface area contributed by atoms with Gasteiger partial charge >= 0.3 is 11.9 Å². The zero-order valence-electron chi connectivity index (χ0n) is 9.39. The van der Waals surface area contributed by atoms with Gasteiger partial charge in [-0.15, -0.1) is 0 Å². The van der Waals surface area contributed by atoms with Gasteiger partial charge < -0.3 is 14.2 Å². The van der Waals surface area contributed by atoms with E-state index in [0.717, 1.165) is 12.2 Å². The summed E-state index contributed by atoms with van der Waals surface area (Å²) in [5, 5.41) is 0. The van der Waals surface area contributed by atoms with Gasteiger partial charge in [-0.1, -0.05) is 0 Å². The molecule has 0 spiro atoms. The van der Waals surface area contributed by atoms with Gasteiger partial charge in [0, 0.05) is 12.2 Å². The molecule has 0 aliphatic heterocycles. The van der Waals surface area contributed by atoms with E-state index in [1.807, 2.05) is 0 Å². The summed E-state index contributed by atoms with van der Waals surface area (Å²) < 4.78 is 13.4. The molecular formula is C10H14O6. The van der Waals surface area contributed by atoms with Crippen molar-refractivity contribution in [2.45, 2.75) is 26.4 Å². The van der Waals surface area contributed by atoms with Crippen LogP contribution in [0.5, 0.6) is 0 Å². The highest BCUT2D eigenvalue weighted by molar-refractivity contribution is 5.91. The zero-order chi connectivity index (χ0) is 12.6. The number of hydrogen-bond donors (Lipinski definition) is 0. The monoisotopic (exact) mass is 230 g/mol. The Morgan fingerprint density at radius 2 is 1.69 bits per heavy atom. The molecule has 0 aromatic heterocycles. The van der Waals surface area contributed by atoms with Crippen LogP contribution in [0.15, 0.2) is 12.2 Å². The van der Waals surface area contributed by atoms with Crippen LogP contribution in [0.2, 0.25) is 0 Å². The molecule has 0 aromatic carbocycles. The molecule has 90 valence electrons. The predicted octanol–water partition coefficient (Wildman–Crippen LogP) is 0.558. The quantitative estimate of drug-likeness (QED) is 0.226. The van der Waals surface area contributed by atoms with Gasteiger partial charge in [0.25, 0.3) is 6.47 Å². The van der Waals surface area contributed by atoms with Gasteiger partial charge in [-0.25, -0.2) is 9.59 Å². The summed E-state index contributed by atoms with van der Waals surface area (Å²) in [5.74, 6) is -1.45. The van der Waals surface area contributed by atoms with Gasteiger partial charge in [0.1, 0.15) is 5.60 Å². The van der Waals surface area contributed by atoms with Gasteiger partial charge in [0.05, 0.1) is 0 Å². The first-order valence-corrected chi connectivity index (χ1v) is 4.48. The maximum atomic E-state index is 11.1. The lowest BCUT2D eigenvalue weighted by Crippen LogP contribution is -2.22. The minimum absolute atomic E-state index is 0.144. The summed E-state index contributed by atoms with van der Waals surface area (Å²) >= 11 is 0. The third-order valence-electron chi connectivity index (χ3n) is 1.10. The molecule has 0 radical (unpaired) electrons. The average molecular weight is 230 g/mol. The van der Waals surface area contributed by atoms with E-state index in [4.69, 9.17) is 4.74 Å². The topological polar surface area (TPSA) is 78.9 Å². The largest absolute Gasteiger partial charge is 0.457 e. The molecule has 0 aliphatic carbocycles. The number of esters is 2. The Kier molecular flexibility index (Phi) is 5.84. The van der Waals surface area contributed by atoms with Crippen molar-refractivity contribution < 1.29 is 28.6 Å². The van der Waals surface area contributed by atoms with Crippen molar-refractivity contribution in [2.75, 3.05) is 6.79 Å². The molecule has 0 unspecified atom stereocenters. The SMILES string of the molecule is CC(C)(C)OC(=O)C=CC(=O)OCOC=O. The van der Waals surface area contributed by atoms with E-state index >= 15 is 0 Å². The Labute approximate surface area is 93.2 Å². The molecule has 0 fully saturated rings. The lowest BCUT2D eigenvalue weighted by atomic mass is 10.2. The number of carbonyl (C=O) groups excluding carboxylic acids is 3. The second kappa shape index (κ2) is 6.60. The third-order valence-corrected chi connectivity index (χ3v) is 1.10. The van der Waals surface area contributed by atoms with Gasteiger partial charge in [0.2, 0.25) is 6.79 Å². The molecule has 6 heteroatoms. The summed E-state index contributed by atoms with van der Waals surface area (Å²) in [6.45, 7) is 4.77. The van der Waals surface area contributed by atoms with Gasteiger partial charge in [-0.05, 0) is 20.8 Å². The summed E-state index contributed by atoms with van der Waals surface area (Å²) in [6.07, 6.45) is 1.83. The summed E-state index contributed by atoms with van der Waals surface area (Å²) in [7, 11) is 0. The minimum Gasteiger partial charge on any atom is -0.457 e. The van der Waals surface area contributed by atoms with Crippen LogP contribution in [0, 0.1) is 0 Å². The zero-order valence-corrected chi connectivity index (χ0v) is 9.39. The minimum atomic E-state index is -0.798. The van der Waals surface area contributed by atoms with E-state index < -0.39 is 24.3 Å². The van der Waals surface area contributed by atoms with Crippen molar-refractivity contribution >= 4 is 18.4 Å². The summed E-state index contributed by atoms with van der Waals surface area (Å²) in [5.41, 5.74) is -0.619. The molecule has 0 aromatic rings. The highest BCUT2D eigenvalue weighted by atomic mass is 16.7. The number of hydrogen-bond acceptors (Lipinski definition) is 6. The number of rotatable bonds is 5. The van der Waals surface area contributed by atoms with Crippen LogP contribution in [-0.2, 0) is 28.6 Å². The molecule has 0 rings (SSSR count). The molecular weight excluding hydrogens is 216 g/mol. The third kappa shape index (κ3) is 8.74. The van der Waals surface area contributed by atoms with Crippen molar-refractivity contribution in [2.24, 2.45) is 0 Å². The first-order valence-electron chi connectivity index (χ1n) is 4.48. The molecule has 6 nitrogen and oxygen atoms in total. The van der Waals surface area contributed by atoms with E-state index in [2.05, 4.69) is 9.47 Å². The molecule has 0 heterocycles. The lowest BCUT2D eigenvalue weighted by Gasteiger charge is -2.17. The van der Waals surface area contributed by atoms with Crippen LogP contribution in [0.4, 0.5) is 0 Å². The fraction of sp³-hybridized carbons (Fsp3) is 0.500. The average Bonchev–Trinajstić information content (AvgIpc) is 2.12. The smallest absolute Gasteiger partial charge is 0.333 e. The Bertz CT molecular complexity index is 286. The normalized spacial score (nSPS) is 10.9. The van der Waals surface area contributed by atoms with Gasteiger partial charge in [0.15, 0.2) is 0 Å². The predicted molar refractivity (Wildman–Crippen MR) is 53.1 cm³/mol. The van der Waals surface area contributed by atoms with E-state index in [-0.39, 0.29) is 6.47 Å². The Balaban J connectivity index is 3.94. The van der Waals surface area contributed by atoms with Crippen LogP contribution in [0.3, 0.4) is 0 Å². The summed E-state index contributed by atoms with van der Waals surface area (Å²) in [6, 6.07) is 0. The molecule has 0 bridgehead atoms. The van der Waals surface area contributed by atoms with Crippen LogP contribution < -0.4 is 0 Å². The van der Waals surface area contributed by atoms with E-state index in [1.165, 1.54) is 0 Å².